The molecule has 0 radical (unpaired) electrons. The summed E-state index contributed by atoms with van der Waals surface area (Å²) < 4.78 is 10.4. The summed E-state index contributed by atoms with van der Waals surface area (Å²) in [5.74, 6) is -0.686. The van der Waals surface area contributed by atoms with Crippen LogP contribution in [0.25, 0.3) is 21.9 Å². The minimum absolute atomic E-state index is 0.0215. The van der Waals surface area contributed by atoms with Gasteiger partial charge in [0.2, 0.25) is 5.91 Å². The standard InChI is InChI=1S/C23H19N3O5/c1-30-15-7-8-16-14(11-20(27)31-19(16)12-15)10-18(22(24)28)26-23(29)17-6-2-4-13-5-3-9-25-21(13)17/h2-9,11-12,18H,10H2,1H3,(H2,24,28)(H,26,29)/t18-/m1/s1. The van der Waals surface area contributed by atoms with Gasteiger partial charge in [-0.3, -0.25) is 14.6 Å². The maximum atomic E-state index is 12.9. The predicted molar refractivity (Wildman–Crippen MR) is 115 cm³/mol. The molecule has 0 unspecified atom stereocenters. The average Bonchev–Trinajstić information content (AvgIpc) is 2.77. The summed E-state index contributed by atoms with van der Waals surface area (Å²) in [5.41, 5.74) is 6.66. The van der Waals surface area contributed by atoms with Crippen molar-refractivity contribution in [3.63, 3.8) is 0 Å². The number of pyridine rings is 1. The van der Waals surface area contributed by atoms with Gasteiger partial charge in [0.1, 0.15) is 17.4 Å². The predicted octanol–water partition coefficient (Wildman–Crippen LogP) is 2.18. The number of fused-ring (bicyclic) bond motifs is 2. The third-order valence-corrected chi connectivity index (χ3v) is 4.99. The molecule has 4 aromatic rings. The molecule has 0 spiro atoms. The smallest absolute Gasteiger partial charge is 0.336 e. The Labute approximate surface area is 176 Å². The number of nitrogens with zero attached hydrogens (tertiary/aromatic N) is 1. The normalized spacial score (nSPS) is 11.9. The summed E-state index contributed by atoms with van der Waals surface area (Å²) in [6, 6.07) is 14.1. The number of rotatable bonds is 6. The van der Waals surface area contributed by atoms with E-state index in [-0.39, 0.29) is 6.42 Å². The molecule has 0 saturated carbocycles. The Hall–Kier alpha value is -4.20. The van der Waals surface area contributed by atoms with Crippen molar-refractivity contribution in [3.8, 4) is 5.75 Å². The Morgan fingerprint density at radius 2 is 1.97 bits per heavy atom. The molecule has 0 aliphatic rings. The molecule has 31 heavy (non-hydrogen) atoms. The monoisotopic (exact) mass is 417 g/mol. The number of methoxy groups -OCH3 is 1. The molecule has 0 aliphatic heterocycles. The largest absolute Gasteiger partial charge is 0.497 e. The van der Waals surface area contributed by atoms with E-state index in [1.165, 1.54) is 13.2 Å². The van der Waals surface area contributed by atoms with Gasteiger partial charge in [0.15, 0.2) is 0 Å². The summed E-state index contributed by atoms with van der Waals surface area (Å²) in [4.78, 5) is 41.3. The number of aromatic nitrogens is 1. The van der Waals surface area contributed by atoms with Crippen molar-refractivity contribution in [2.45, 2.75) is 12.5 Å². The minimum Gasteiger partial charge on any atom is -0.497 e. The van der Waals surface area contributed by atoms with E-state index in [1.807, 2.05) is 12.1 Å². The summed E-state index contributed by atoms with van der Waals surface area (Å²) in [5, 5.41) is 4.09. The zero-order valence-electron chi connectivity index (χ0n) is 16.6. The summed E-state index contributed by atoms with van der Waals surface area (Å²) in [7, 11) is 1.50. The van der Waals surface area contributed by atoms with Gasteiger partial charge in [-0.2, -0.15) is 0 Å². The topological polar surface area (TPSA) is 125 Å². The van der Waals surface area contributed by atoms with Gasteiger partial charge in [0, 0.05) is 35.5 Å². The van der Waals surface area contributed by atoms with E-state index in [9.17, 15) is 14.4 Å². The van der Waals surface area contributed by atoms with E-state index in [0.717, 1.165) is 5.39 Å². The Morgan fingerprint density at radius 1 is 1.16 bits per heavy atom. The van der Waals surface area contributed by atoms with Crippen molar-refractivity contribution in [2.75, 3.05) is 7.11 Å². The van der Waals surface area contributed by atoms with Crippen molar-refractivity contribution in [3.05, 3.63) is 82.3 Å². The average molecular weight is 417 g/mol. The van der Waals surface area contributed by atoms with Gasteiger partial charge in [-0.1, -0.05) is 18.2 Å². The van der Waals surface area contributed by atoms with Gasteiger partial charge in [-0.05, 0) is 29.8 Å². The Balaban J connectivity index is 1.67. The van der Waals surface area contributed by atoms with Gasteiger partial charge in [0.25, 0.3) is 5.91 Å². The highest BCUT2D eigenvalue weighted by Crippen LogP contribution is 2.23. The highest BCUT2D eigenvalue weighted by atomic mass is 16.5. The number of nitrogens with two attached hydrogens (primary N) is 1. The van der Waals surface area contributed by atoms with Crippen LogP contribution in [-0.2, 0) is 11.2 Å². The summed E-state index contributed by atoms with van der Waals surface area (Å²) >= 11 is 0. The van der Waals surface area contributed by atoms with E-state index < -0.39 is 23.5 Å². The second-order valence-corrected chi connectivity index (χ2v) is 6.97. The molecule has 2 aromatic carbocycles. The molecule has 2 amide bonds. The van der Waals surface area contributed by atoms with Gasteiger partial charge in [-0.15, -0.1) is 0 Å². The molecule has 2 heterocycles. The van der Waals surface area contributed by atoms with Crippen LogP contribution in [0.4, 0.5) is 0 Å². The second-order valence-electron chi connectivity index (χ2n) is 6.97. The highest BCUT2D eigenvalue weighted by Gasteiger charge is 2.22. The van der Waals surface area contributed by atoms with Gasteiger partial charge >= 0.3 is 5.63 Å². The first-order valence-electron chi connectivity index (χ1n) is 9.51. The first kappa shape index (κ1) is 20.1. The zero-order valence-corrected chi connectivity index (χ0v) is 16.6. The van der Waals surface area contributed by atoms with Crippen LogP contribution in [0.3, 0.4) is 0 Å². The summed E-state index contributed by atoms with van der Waals surface area (Å²) in [6.45, 7) is 0. The molecule has 2 aromatic heterocycles. The second kappa shape index (κ2) is 8.27. The fourth-order valence-electron chi connectivity index (χ4n) is 3.47. The lowest BCUT2D eigenvalue weighted by Gasteiger charge is -2.17. The maximum absolute atomic E-state index is 12.9. The Morgan fingerprint density at radius 3 is 2.74 bits per heavy atom. The number of hydrogen-bond donors (Lipinski definition) is 2. The fourth-order valence-corrected chi connectivity index (χ4v) is 3.47. The molecule has 0 bridgehead atoms. The lowest BCUT2D eigenvalue weighted by atomic mass is 10.0. The zero-order chi connectivity index (χ0) is 22.0. The first-order valence-corrected chi connectivity index (χ1v) is 9.51. The number of hydrogen-bond acceptors (Lipinski definition) is 6. The SMILES string of the molecule is COc1ccc2c(C[C@@H](NC(=O)c3cccc4cccnc34)C(N)=O)cc(=O)oc2c1. The van der Waals surface area contributed by atoms with Crippen LogP contribution >= 0.6 is 0 Å². The van der Waals surface area contributed by atoms with Crippen molar-refractivity contribution < 1.29 is 18.7 Å². The van der Waals surface area contributed by atoms with E-state index in [1.54, 1.807) is 42.6 Å². The third-order valence-electron chi connectivity index (χ3n) is 4.99. The molecule has 3 N–H and O–H groups in total. The number of nitrogens with one attached hydrogen (secondary N) is 1. The fraction of sp³-hybridized carbons (Fsp3) is 0.130. The van der Waals surface area contributed by atoms with Crippen LogP contribution in [0.1, 0.15) is 15.9 Å². The van der Waals surface area contributed by atoms with Gasteiger partial charge < -0.3 is 20.2 Å². The van der Waals surface area contributed by atoms with Crippen molar-refractivity contribution in [2.24, 2.45) is 5.73 Å². The summed E-state index contributed by atoms with van der Waals surface area (Å²) in [6.07, 6.45) is 1.61. The molecule has 8 nitrogen and oxygen atoms in total. The van der Waals surface area contributed by atoms with Crippen molar-refractivity contribution >= 4 is 33.7 Å². The van der Waals surface area contributed by atoms with Crippen LogP contribution in [0.15, 0.2) is 70.0 Å². The Kier molecular flexibility index (Phi) is 5.36. The Bertz CT molecular complexity index is 1360. The van der Waals surface area contributed by atoms with E-state index in [0.29, 0.717) is 33.4 Å². The van der Waals surface area contributed by atoms with Crippen LogP contribution < -0.4 is 21.4 Å². The highest BCUT2D eigenvalue weighted by molar-refractivity contribution is 6.06. The molecule has 156 valence electrons. The number of carbonyl (C=O) groups excluding carboxylic acids is 2. The quantitative estimate of drug-likeness (QED) is 0.463. The molecular formula is C23H19N3O5. The molecular weight excluding hydrogens is 398 g/mol. The number of benzene rings is 2. The van der Waals surface area contributed by atoms with E-state index >= 15 is 0 Å². The molecule has 0 saturated heterocycles. The maximum Gasteiger partial charge on any atom is 0.336 e. The van der Waals surface area contributed by atoms with Gasteiger partial charge in [-0.25, -0.2) is 4.79 Å². The molecule has 0 fully saturated rings. The lowest BCUT2D eigenvalue weighted by molar-refractivity contribution is -0.119. The number of carbonyl (C=O) groups is 2. The van der Waals surface area contributed by atoms with E-state index in [2.05, 4.69) is 10.3 Å². The number of amides is 2. The molecule has 8 heteroatoms. The third kappa shape index (κ3) is 4.09. The molecule has 4 rings (SSSR count). The number of ether oxygens (including phenoxy) is 1. The minimum atomic E-state index is -1.04. The van der Waals surface area contributed by atoms with Crippen LogP contribution in [0.2, 0.25) is 0 Å². The van der Waals surface area contributed by atoms with E-state index in [4.69, 9.17) is 14.9 Å². The van der Waals surface area contributed by atoms with Crippen LogP contribution in [0.5, 0.6) is 5.75 Å². The number of primary amides is 1. The van der Waals surface area contributed by atoms with Crippen molar-refractivity contribution in [1.29, 1.82) is 0 Å². The van der Waals surface area contributed by atoms with Gasteiger partial charge in [0.05, 0.1) is 18.2 Å². The lowest BCUT2D eigenvalue weighted by Crippen LogP contribution is -2.46. The molecule has 1 atom stereocenters. The van der Waals surface area contributed by atoms with Crippen LogP contribution in [0, 0.1) is 0 Å². The van der Waals surface area contributed by atoms with Crippen LogP contribution in [-0.4, -0.2) is 29.9 Å². The first-order chi connectivity index (χ1) is 15.0. The van der Waals surface area contributed by atoms with Crippen molar-refractivity contribution in [1.82, 2.24) is 10.3 Å². The number of para-hydroxylation sites is 1. The molecule has 0 aliphatic carbocycles.